The molecule has 0 bridgehead atoms. The van der Waals surface area contributed by atoms with Gasteiger partial charge in [-0.2, -0.15) is 17.9 Å². The van der Waals surface area contributed by atoms with Gasteiger partial charge in [0.15, 0.2) is 11.6 Å². The molecule has 3 aromatic heterocycles. The number of methoxy groups -OCH3 is 2. The number of alkyl halides is 3. The van der Waals surface area contributed by atoms with Crippen molar-refractivity contribution in [1.82, 2.24) is 19.7 Å². The Morgan fingerprint density at radius 1 is 1.17 bits per heavy atom. The second-order valence-corrected chi connectivity index (χ2v) is 9.00. The van der Waals surface area contributed by atoms with Crippen molar-refractivity contribution in [1.29, 1.82) is 5.41 Å². The number of anilines is 1. The van der Waals surface area contributed by atoms with Crippen molar-refractivity contribution in [2.45, 2.75) is 12.2 Å². The summed E-state index contributed by atoms with van der Waals surface area (Å²) in [6.07, 6.45) is -3.95. The highest BCUT2D eigenvalue weighted by atomic mass is 32.1. The molecule has 0 amide bonds. The Morgan fingerprint density at radius 3 is 2.49 bits per heavy atom. The number of nitrogens with two attached hydrogens (primary N) is 1. The summed E-state index contributed by atoms with van der Waals surface area (Å²) >= 11 is 0.652. The van der Waals surface area contributed by atoms with E-state index in [4.69, 9.17) is 20.6 Å². The molecule has 1 atom stereocenters. The van der Waals surface area contributed by atoms with E-state index in [0.717, 1.165) is 4.68 Å². The number of H-pyrrole nitrogens is 1. The van der Waals surface area contributed by atoms with Gasteiger partial charge in [0.25, 0.3) is 5.88 Å². The zero-order valence-electron chi connectivity index (χ0n) is 21.1. The van der Waals surface area contributed by atoms with Gasteiger partial charge in [0.05, 0.1) is 19.9 Å². The number of nitrogen functional groups attached to an aromatic ring is 1. The van der Waals surface area contributed by atoms with Gasteiger partial charge in [-0.1, -0.05) is 0 Å². The van der Waals surface area contributed by atoms with Gasteiger partial charge in [0.2, 0.25) is 0 Å². The van der Waals surface area contributed by atoms with Gasteiger partial charge in [-0.3, -0.25) is 10.4 Å². The molecule has 4 aromatic rings. The maximum atomic E-state index is 13.0. The number of thiophene rings is 1. The second kappa shape index (κ2) is 11.5. The SMILES string of the molecule is COc1cc(C(Nc2ccc(C(=N)N)cc2)c2nn(-c3ccsc3C(=O)OC(=O)C(F)(F)F)c(=O)[nH]2)cnc1OC. The molecule has 0 spiro atoms. The molecule has 214 valence electrons. The van der Waals surface area contributed by atoms with Crippen LogP contribution in [0.5, 0.6) is 11.6 Å². The predicted molar refractivity (Wildman–Crippen MR) is 139 cm³/mol. The van der Waals surface area contributed by atoms with E-state index >= 15 is 0 Å². The van der Waals surface area contributed by atoms with E-state index in [-0.39, 0.29) is 29.0 Å². The molecule has 4 rings (SSSR count). The Kier molecular flexibility index (Phi) is 8.08. The summed E-state index contributed by atoms with van der Waals surface area (Å²) < 4.78 is 53.0. The van der Waals surface area contributed by atoms with Crippen LogP contribution in [0.2, 0.25) is 0 Å². The number of ether oxygens (including phenoxy) is 3. The molecule has 0 saturated heterocycles. The van der Waals surface area contributed by atoms with Crippen LogP contribution in [0.25, 0.3) is 5.69 Å². The van der Waals surface area contributed by atoms with Crippen LogP contribution in [0.15, 0.2) is 52.8 Å². The maximum Gasteiger partial charge on any atom is 0.491 e. The number of nitrogens with zero attached hydrogens (tertiary/aromatic N) is 3. The van der Waals surface area contributed by atoms with E-state index in [9.17, 15) is 27.6 Å². The third kappa shape index (κ3) is 6.19. The van der Waals surface area contributed by atoms with Crippen LogP contribution in [-0.4, -0.2) is 57.9 Å². The van der Waals surface area contributed by atoms with Crippen molar-refractivity contribution in [3.05, 3.63) is 80.3 Å². The van der Waals surface area contributed by atoms with Gasteiger partial charge in [-0.15, -0.1) is 16.4 Å². The minimum absolute atomic E-state index is 0.0107. The first-order valence-electron chi connectivity index (χ1n) is 11.3. The molecule has 0 saturated carbocycles. The molecule has 13 nitrogen and oxygen atoms in total. The summed E-state index contributed by atoms with van der Waals surface area (Å²) in [5, 5.41) is 16.3. The van der Waals surface area contributed by atoms with E-state index in [1.165, 1.54) is 31.9 Å². The molecule has 1 unspecified atom stereocenters. The highest BCUT2D eigenvalue weighted by Crippen LogP contribution is 2.31. The Bertz CT molecular complexity index is 1660. The number of pyridine rings is 1. The van der Waals surface area contributed by atoms with Crippen molar-refractivity contribution < 1.29 is 37.0 Å². The first-order chi connectivity index (χ1) is 19.4. The number of carbonyl (C=O) groups is 2. The molecule has 0 aliphatic rings. The molecule has 3 heterocycles. The number of aromatic amines is 1. The van der Waals surface area contributed by atoms with Gasteiger partial charge in [-0.25, -0.2) is 19.4 Å². The Balaban J connectivity index is 1.75. The highest BCUT2D eigenvalue weighted by molar-refractivity contribution is 7.12. The summed E-state index contributed by atoms with van der Waals surface area (Å²) in [6.45, 7) is 0. The summed E-state index contributed by atoms with van der Waals surface area (Å²) in [4.78, 5) is 42.8. The van der Waals surface area contributed by atoms with Crippen LogP contribution >= 0.6 is 11.3 Å². The van der Waals surface area contributed by atoms with E-state index < -0.39 is 34.7 Å². The number of rotatable bonds is 9. The number of halogens is 3. The molecule has 0 radical (unpaired) electrons. The summed E-state index contributed by atoms with van der Waals surface area (Å²) in [6, 6.07) is 8.41. The van der Waals surface area contributed by atoms with Gasteiger partial charge < -0.3 is 25.3 Å². The van der Waals surface area contributed by atoms with Crippen molar-refractivity contribution in [2.75, 3.05) is 19.5 Å². The van der Waals surface area contributed by atoms with E-state index in [2.05, 4.69) is 25.1 Å². The van der Waals surface area contributed by atoms with Crippen LogP contribution in [-0.2, 0) is 9.53 Å². The first kappa shape index (κ1) is 28.8. The van der Waals surface area contributed by atoms with Crippen LogP contribution in [0.1, 0.15) is 32.7 Å². The van der Waals surface area contributed by atoms with Gasteiger partial charge in [-0.05, 0) is 41.8 Å². The molecule has 0 aliphatic heterocycles. The van der Waals surface area contributed by atoms with Crippen LogP contribution in [0.4, 0.5) is 18.9 Å². The fourth-order valence-electron chi connectivity index (χ4n) is 3.57. The van der Waals surface area contributed by atoms with Crippen LogP contribution in [0.3, 0.4) is 0 Å². The average Bonchev–Trinajstić information content (AvgIpc) is 3.57. The smallest absolute Gasteiger partial charge is 0.491 e. The fraction of sp³-hybridized carbons (Fsp3) is 0.167. The minimum atomic E-state index is -5.39. The van der Waals surface area contributed by atoms with E-state index in [0.29, 0.717) is 28.2 Å². The largest absolute Gasteiger partial charge is 0.491 e. The van der Waals surface area contributed by atoms with Crippen molar-refractivity contribution in [3.63, 3.8) is 0 Å². The summed E-state index contributed by atoms with van der Waals surface area (Å²) in [5.74, 6) is -3.97. The third-order valence-electron chi connectivity index (χ3n) is 5.48. The number of nitrogens with one attached hydrogen (secondary N) is 3. The summed E-state index contributed by atoms with van der Waals surface area (Å²) in [5.41, 5.74) is 5.91. The minimum Gasteiger partial charge on any atom is -0.491 e. The molecule has 1 aromatic carbocycles. The third-order valence-corrected chi connectivity index (χ3v) is 6.36. The number of amidine groups is 1. The second-order valence-electron chi connectivity index (χ2n) is 8.09. The van der Waals surface area contributed by atoms with Crippen LogP contribution < -0.4 is 26.2 Å². The predicted octanol–water partition coefficient (Wildman–Crippen LogP) is 2.77. The van der Waals surface area contributed by atoms with Gasteiger partial charge in [0.1, 0.15) is 16.8 Å². The first-order valence-corrected chi connectivity index (χ1v) is 12.2. The number of benzene rings is 1. The lowest BCUT2D eigenvalue weighted by atomic mass is 10.1. The summed E-state index contributed by atoms with van der Waals surface area (Å²) in [7, 11) is 2.81. The van der Waals surface area contributed by atoms with Gasteiger partial charge >= 0.3 is 23.8 Å². The highest BCUT2D eigenvalue weighted by Gasteiger charge is 2.43. The number of hydrogen-bond acceptors (Lipinski definition) is 11. The van der Waals surface area contributed by atoms with Gasteiger partial charge in [0, 0.05) is 23.0 Å². The van der Waals surface area contributed by atoms with Crippen molar-refractivity contribution in [3.8, 4) is 17.3 Å². The molecular formula is C24H20F3N7O6S. The molecule has 0 aliphatic carbocycles. The van der Waals surface area contributed by atoms with Crippen molar-refractivity contribution in [2.24, 2.45) is 5.73 Å². The molecule has 0 fully saturated rings. The molecular weight excluding hydrogens is 571 g/mol. The number of hydrogen-bond donors (Lipinski definition) is 4. The normalized spacial score (nSPS) is 11.9. The molecule has 5 N–H and O–H groups in total. The van der Waals surface area contributed by atoms with Crippen LogP contribution in [0, 0.1) is 5.41 Å². The average molecular weight is 592 g/mol. The molecule has 41 heavy (non-hydrogen) atoms. The zero-order chi connectivity index (χ0) is 29.9. The standard InChI is InChI=1S/C24H20F3N7O6S/c1-38-15-9-12(10-30-20(15)39-2)16(31-13-5-3-11(4-6-13)18(28)29)19-32-23(37)34(33-19)14-7-8-41-17(14)21(35)40-22(36)24(25,26)27/h3-10,16,31H,1-2H3,(H3,28,29)(H,32,33,37). The lowest BCUT2D eigenvalue weighted by molar-refractivity contribution is -0.193. The van der Waals surface area contributed by atoms with E-state index in [1.54, 1.807) is 30.3 Å². The lowest BCUT2D eigenvalue weighted by Gasteiger charge is -2.19. The monoisotopic (exact) mass is 591 g/mol. The quantitative estimate of drug-likeness (QED) is 0.0975. The van der Waals surface area contributed by atoms with E-state index in [1.807, 2.05) is 0 Å². The lowest BCUT2D eigenvalue weighted by Crippen LogP contribution is -2.28. The number of carbonyl (C=O) groups excluding carboxylic acids is 2. The Hall–Kier alpha value is -5.19. The maximum absolute atomic E-state index is 13.0. The van der Waals surface area contributed by atoms with Crippen molar-refractivity contribution >= 4 is 34.8 Å². The fourth-order valence-corrected chi connectivity index (χ4v) is 4.32. The number of aromatic nitrogens is 4. The number of esters is 2. The molecule has 17 heteroatoms. The zero-order valence-corrected chi connectivity index (χ0v) is 21.9. The Morgan fingerprint density at radius 2 is 1.88 bits per heavy atom. The topological polar surface area (TPSA) is 187 Å². The Labute approximate surface area is 232 Å².